The molecule has 7 nitrogen and oxygen atoms in total. The molecule has 1 amide bonds. The van der Waals surface area contributed by atoms with Gasteiger partial charge in [-0.05, 0) is 24.3 Å². The van der Waals surface area contributed by atoms with Crippen molar-refractivity contribution < 1.29 is 23.5 Å². The van der Waals surface area contributed by atoms with Crippen LogP contribution < -0.4 is 19.1 Å². The molecule has 27 heavy (non-hydrogen) atoms. The van der Waals surface area contributed by atoms with E-state index in [9.17, 15) is 4.79 Å². The van der Waals surface area contributed by atoms with Gasteiger partial charge in [-0.3, -0.25) is 4.79 Å². The van der Waals surface area contributed by atoms with Crippen molar-refractivity contribution >= 4 is 11.6 Å². The van der Waals surface area contributed by atoms with E-state index in [1.54, 1.807) is 52.6 Å². The first-order valence-corrected chi connectivity index (χ1v) is 8.18. The standard InChI is InChI=1S/C20H20N2O5/c1-22(14-8-9-17(25-3)19(11-14)26-4)20(23)16-12-18(27-21-16)13-6-5-7-15(10-13)24-2/h5-12H,1-4H3. The van der Waals surface area contributed by atoms with E-state index in [4.69, 9.17) is 18.7 Å². The van der Waals surface area contributed by atoms with Gasteiger partial charge in [0.15, 0.2) is 23.0 Å². The lowest BCUT2D eigenvalue weighted by atomic mass is 10.1. The Labute approximate surface area is 157 Å². The smallest absolute Gasteiger partial charge is 0.280 e. The van der Waals surface area contributed by atoms with Crippen LogP contribution in [0.15, 0.2) is 53.1 Å². The summed E-state index contributed by atoms with van der Waals surface area (Å²) in [5, 5.41) is 3.91. The Morgan fingerprint density at radius 1 is 0.963 bits per heavy atom. The topological polar surface area (TPSA) is 74.0 Å². The van der Waals surface area contributed by atoms with E-state index in [1.165, 1.54) is 4.90 Å². The maximum absolute atomic E-state index is 12.8. The van der Waals surface area contributed by atoms with Crippen LogP contribution in [0.1, 0.15) is 10.5 Å². The van der Waals surface area contributed by atoms with Crippen LogP contribution in [0, 0.1) is 0 Å². The first-order chi connectivity index (χ1) is 13.1. The maximum atomic E-state index is 12.8. The van der Waals surface area contributed by atoms with Crippen LogP contribution in [0.3, 0.4) is 0 Å². The summed E-state index contributed by atoms with van der Waals surface area (Å²) in [7, 11) is 6.35. The summed E-state index contributed by atoms with van der Waals surface area (Å²) in [5.41, 5.74) is 1.61. The van der Waals surface area contributed by atoms with Crippen LogP contribution in [-0.2, 0) is 0 Å². The van der Waals surface area contributed by atoms with Crippen LogP contribution in [-0.4, -0.2) is 39.4 Å². The van der Waals surface area contributed by atoms with Gasteiger partial charge in [-0.15, -0.1) is 0 Å². The number of benzene rings is 2. The van der Waals surface area contributed by atoms with Gasteiger partial charge in [0.2, 0.25) is 0 Å². The fraction of sp³-hybridized carbons (Fsp3) is 0.200. The van der Waals surface area contributed by atoms with Crippen molar-refractivity contribution in [1.29, 1.82) is 0 Å². The van der Waals surface area contributed by atoms with Gasteiger partial charge < -0.3 is 23.6 Å². The summed E-state index contributed by atoms with van der Waals surface area (Å²) >= 11 is 0. The van der Waals surface area contributed by atoms with Gasteiger partial charge in [-0.1, -0.05) is 17.3 Å². The number of amides is 1. The van der Waals surface area contributed by atoms with Crippen molar-refractivity contribution in [1.82, 2.24) is 5.16 Å². The fourth-order valence-corrected chi connectivity index (χ4v) is 2.61. The molecule has 0 N–H and O–H groups in total. The molecule has 0 saturated heterocycles. The van der Waals surface area contributed by atoms with Crippen LogP contribution in [0.25, 0.3) is 11.3 Å². The summed E-state index contributed by atoms with van der Waals surface area (Å²) in [4.78, 5) is 14.2. The zero-order valence-corrected chi connectivity index (χ0v) is 15.6. The van der Waals surface area contributed by atoms with E-state index in [1.807, 2.05) is 24.3 Å². The van der Waals surface area contributed by atoms with Gasteiger partial charge in [-0.25, -0.2) is 0 Å². The zero-order valence-electron chi connectivity index (χ0n) is 15.6. The van der Waals surface area contributed by atoms with Crippen LogP contribution in [0.4, 0.5) is 5.69 Å². The molecule has 140 valence electrons. The molecule has 0 radical (unpaired) electrons. The minimum absolute atomic E-state index is 0.199. The number of hydrogen-bond acceptors (Lipinski definition) is 6. The zero-order chi connectivity index (χ0) is 19.4. The van der Waals surface area contributed by atoms with Crippen LogP contribution in [0.2, 0.25) is 0 Å². The SMILES string of the molecule is COc1cccc(-c2cc(C(=O)N(C)c3ccc(OC)c(OC)c3)no2)c1. The summed E-state index contributed by atoms with van der Waals surface area (Å²) in [5.74, 6) is 1.99. The summed E-state index contributed by atoms with van der Waals surface area (Å²) in [6.45, 7) is 0. The molecule has 3 aromatic rings. The largest absolute Gasteiger partial charge is 0.497 e. The molecule has 0 spiro atoms. The third-order valence-corrected chi connectivity index (χ3v) is 4.14. The third-order valence-electron chi connectivity index (χ3n) is 4.14. The maximum Gasteiger partial charge on any atom is 0.280 e. The first-order valence-electron chi connectivity index (χ1n) is 8.18. The molecule has 2 aromatic carbocycles. The highest BCUT2D eigenvalue weighted by atomic mass is 16.5. The first kappa shape index (κ1) is 18.3. The number of methoxy groups -OCH3 is 3. The van der Waals surface area contributed by atoms with E-state index < -0.39 is 0 Å². The predicted octanol–water partition coefficient (Wildman–Crippen LogP) is 3.64. The molecule has 0 aliphatic carbocycles. The Kier molecular flexibility index (Phi) is 5.30. The lowest BCUT2D eigenvalue weighted by Gasteiger charge is -2.17. The highest BCUT2D eigenvalue weighted by molar-refractivity contribution is 6.05. The van der Waals surface area contributed by atoms with Crippen molar-refractivity contribution in [3.05, 3.63) is 54.2 Å². The van der Waals surface area contributed by atoms with Crippen molar-refractivity contribution in [3.63, 3.8) is 0 Å². The normalized spacial score (nSPS) is 10.4. The Hall–Kier alpha value is -3.48. The molecule has 0 fully saturated rings. The Morgan fingerprint density at radius 3 is 2.44 bits per heavy atom. The second-order valence-electron chi connectivity index (χ2n) is 5.71. The quantitative estimate of drug-likeness (QED) is 0.661. The second-order valence-corrected chi connectivity index (χ2v) is 5.71. The Morgan fingerprint density at radius 2 is 1.74 bits per heavy atom. The number of rotatable bonds is 6. The van der Waals surface area contributed by atoms with Gasteiger partial charge in [-0.2, -0.15) is 0 Å². The number of anilines is 1. The molecule has 0 bridgehead atoms. The number of carbonyl (C=O) groups excluding carboxylic acids is 1. The van der Waals surface area contributed by atoms with Crippen molar-refractivity contribution in [3.8, 4) is 28.6 Å². The number of hydrogen-bond donors (Lipinski definition) is 0. The lowest BCUT2D eigenvalue weighted by molar-refractivity contribution is 0.0984. The van der Waals surface area contributed by atoms with E-state index in [0.29, 0.717) is 28.7 Å². The second kappa shape index (κ2) is 7.82. The van der Waals surface area contributed by atoms with Gasteiger partial charge in [0.25, 0.3) is 5.91 Å². The summed E-state index contributed by atoms with van der Waals surface area (Å²) < 4.78 is 21.1. The number of nitrogens with zero attached hydrogens (tertiary/aromatic N) is 2. The minimum Gasteiger partial charge on any atom is -0.497 e. The van der Waals surface area contributed by atoms with Crippen molar-refractivity contribution in [2.75, 3.05) is 33.3 Å². The average molecular weight is 368 g/mol. The molecular weight excluding hydrogens is 348 g/mol. The molecule has 1 heterocycles. The molecule has 7 heteroatoms. The number of ether oxygens (including phenoxy) is 3. The Bertz CT molecular complexity index is 951. The molecule has 1 aromatic heterocycles. The van der Waals surface area contributed by atoms with Gasteiger partial charge in [0.05, 0.1) is 21.3 Å². The number of carbonyl (C=O) groups is 1. The molecule has 0 aliphatic rings. The number of aromatic nitrogens is 1. The molecule has 0 atom stereocenters. The lowest BCUT2D eigenvalue weighted by Crippen LogP contribution is -2.26. The molecule has 0 saturated carbocycles. The molecule has 0 unspecified atom stereocenters. The highest BCUT2D eigenvalue weighted by Gasteiger charge is 2.20. The summed E-state index contributed by atoms with van der Waals surface area (Å²) in [6, 6.07) is 14.2. The van der Waals surface area contributed by atoms with Crippen LogP contribution >= 0.6 is 0 Å². The van der Waals surface area contributed by atoms with Crippen molar-refractivity contribution in [2.45, 2.75) is 0 Å². The van der Waals surface area contributed by atoms with E-state index >= 15 is 0 Å². The monoisotopic (exact) mass is 368 g/mol. The van der Waals surface area contributed by atoms with E-state index in [2.05, 4.69) is 5.16 Å². The summed E-state index contributed by atoms with van der Waals surface area (Å²) in [6.07, 6.45) is 0. The molecule has 0 aliphatic heterocycles. The fourth-order valence-electron chi connectivity index (χ4n) is 2.61. The molecular formula is C20H20N2O5. The average Bonchev–Trinajstić information content (AvgIpc) is 3.22. The Balaban J connectivity index is 1.85. The van der Waals surface area contributed by atoms with Gasteiger partial charge in [0, 0.05) is 30.4 Å². The van der Waals surface area contributed by atoms with Gasteiger partial charge in [0.1, 0.15) is 5.75 Å². The van der Waals surface area contributed by atoms with E-state index in [0.717, 1.165) is 5.56 Å². The highest BCUT2D eigenvalue weighted by Crippen LogP contribution is 2.32. The predicted molar refractivity (Wildman–Crippen MR) is 101 cm³/mol. The molecule has 3 rings (SSSR count). The van der Waals surface area contributed by atoms with E-state index in [-0.39, 0.29) is 11.6 Å². The van der Waals surface area contributed by atoms with Crippen LogP contribution in [0.5, 0.6) is 17.2 Å². The third kappa shape index (κ3) is 3.72. The minimum atomic E-state index is -0.305. The van der Waals surface area contributed by atoms with Gasteiger partial charge >= 0.3 is 0 Å². The van der Waals surface area contributed by atoms with Crippen molar-refractivity contribution in [2.24, 2.45) is 0 Å².